The van der Waals surface area contributed by atoms with Crippen LogP contribution in [0.2, 0.25) is 15.1 Å². The van der Waals surface area contributed by atoms with Gasteiger partial charge in [0.1, 0.15) is 0 Å². The summed E-state index contributed by atoms with van der Waals surface area (Å²) in [5.41, 5.74) is 1.47. The average molecular weight is 367 g/mol. The molecule has 3 aromatic rings. The number of anilines is 4. The van der Waals surface area contributed by atoms with Gasteiger partial charge < -0.3 is 10.6 Å². The Labute approximate surface area is 147 Å². The largest absolute Gasteiger partial charge is 0.339 e. The van der Waals surface area contributed by atoms with Crippen LogP contribution < -0.4 is 10.6 Å². The van der Waals surface area contributed by atoms with Crippen LogP contribution in [0.1, 0.15) is 0 Å². The van der Waals surface area contributed by atoms with Crippen molar-refractivity contribution < 1.29 is 0 Å². The lowest BCUT2D eigenvalue weighted by Crippen LogP contribution is -2.02. The molecule has 0 spiro atoms. The summed E-state index contributed by atoms with van der Waals surface area (Å²) in [5, 5.41) is 15.6. The van der Waals surface area contributed by atoms with Gasteiger partial charge in [-0.1, -0.05) is 40.9 Å². The molecule has 3 rings (SSSR count). The van der Waals surface area contributed by atoms with E-state index in [4.69, 9.17) is 34.8 Å². The van der Waals surface area contributed by atoms with Crippen molar-refractivity contribution in [3.8, 4) is 0 Å². The Morgan fingerprint density at radius 1 is 0.783 bits per heavy atom. The zero-order chi connectivity index (χ0) is 16.2. The molecule has 0 amide bonds. The molecule has 8 heteroatoms. The van der Waals surface area contributed by atoms with Crippen LogP contribution in [0.25, 0.3) is 0 Å². The predicted octanol–water partition coefficient (Wildman–Crippen LogP) is 5.32. The van der Waals surface area contributed by atoms with Gasteiger partial charge in [0.2, 0.25) is 5.95 Å². The van der Waals surface area contributed by atoms with Crippen LogP contribution in [0.3, 0.4) is 0 Å². The molecule has 0 atom stereocenters. The number of hydrogen-bond donors (Lipinski definition) is 2. The maximum absolute atomic E-state index is 5.97. The Hall–Kier alpha value is -2.08. The lowest BCUT2D eigenvalue weighted by molar-refractivity contribution is 0.982. The van der Waals surface area contributed by atoms with E-state index in [9.17, 15) is 0 Å². The topological polar surface area (TPSA) is 62.7 Å². The van der Waals surface area contributed by atoms with E-state index in [0.29, 0.717) is 32.5 Å². The van der Waals surface area contributed by atoms with Crippen LogP contribution in [0.15, 0.2) is 48.7 Å². The average Bonchev–Trinajstić information content (AvgIpc) is 2.46. The van der Waals surface area contributed by atoms with Crippen molar-refractivity contribution in [3.05, 3.63) is 63.7 Å². The standard InChI is InChI=1S/C15H10Cl3N5/c16-9-2-1-3-12(5-9)21-15-22-14(8-19-23-15)20-13-6-10(17)4-11(18)7-13/h1-8H,(H2,20,21,22,23). The highest BCUT2D eigenvalue weighted by Crippen LogP contribution is 2.25. The third-order valence-corrected chi connectivity index (χ3v) is 3.45. The molecule has 0 aliphatic rings. The summed E-state index contributed by atoms with van der Waals surface area (Å²) in [6, 6.07) is 12.4. The smallest absolute Gasteiger partial charge is 0.249 e. The van der Waals surface area contributed by atoms with Crippen molar-refractivity contribution in [2.24, 2.45) is 0 Å². The summed E-state index contributed by atoms with van der Waals surface area (Å²) < 4.78 is 0. The number of halogens is 3. The Bertz CT molecular complexity index is 821. The molecule has 1 aromatic heterocycles. The van der Waals surface area contributed by atoms with Crippen molar-refractivity contribution in [2.45, 2.75) is 0 Å². The van der Waals surface area contributed by atoms with Gasteiger partial charge in [0.25, 0.3) is 0 Å². The number of nitrogens with one attached hydrogen (secondary N) is 2. The minimum Gasteiger partial charge on any atom is -0.339 e. The van der Waals surface area contributed by atoms with Gasteiger partial charge in [-0.25, -0.2) is 0 Å². The van der Waals surface area contributed by atoms with Gasteiger partial charge in [0, 0.05) is 26.4 Å². The molecule has 0 bridgehead atoms. The maximum Gasteiger partial charge on any atom is 0.249 e. The van der Waals surface area contributed by atoms with E-state index < -0.39 is 0 Å². The highest BCUT2D eigenvalue weighted by molar-refractivity contribution is 6.35. The second-order valence-corrected chi connectivity index (χ2v) is 5.89. The molecular formula is C15H10Cl3N5. The molecule has 2 N–H and O–H groups in total. The first-order valence-corrected chi connectivity index (χ1v) is 7.67. The summed E-state index contributed by atoms with van der Waals surface area (Å²) in [5.74, 6) is 0.841. The van der Waals surface area contributed by atoms with E-state index in [1.807, 2.05) is 12.1 Å². The first kappa shape index (κ1) is 15.8. The van der Waals surface area contributed by atoms with E-state index in [0.717, 1.165) is 5.69 Å². The minimum atomic E-state index is 0.338. The van der Waals surface area contributed by atoms with Gasteiger partial charge in [0.15, 0.2) is 5.82 Å². The van der Waals surface area contributed by atoms with E-state index in [-0.39, 0.29) is 0 Å². The summed E-state index contributed by atoms with van der Waals surface area (Å²) >= 11 is 17.9. The summed E-state index contributed by atoms with van der Waals surface area (Å²) in [6.45, 7) is 0. The summed E-state index contributed by atoms with van der Waals surface area (Å²) in [7, 11) is 0. The molecule has 0 saturated carbocycles. The fourth-order valence-corrected chi connectivity index (χ4v) is 2.60. The number of nitrogens with zero attached hydrogens (tertiary/aromatic N) is 3. The molecular weight excluding hydrogens is 357 g/mol. The second-order valence-electron chi connectivity index (χ2n) is 4.58. The number of rotatable bonds is 4. The fraction of sp³-hybridized carbons (Fsp3) is 0. The highest BCUT2D eigenvalue weighted by Gasteiger charge is 2.04. The third-order valence-electron chi connectivity index (χ3n) is 2.77. The van der Waals surface area contributed by atoms with E-state index in [2.05, 4.69) is 25.8 Å². The molecule has 2 aromatic carbocycles. The van der Waals surface area contributed by atoms with Gasteiger partial charge in [-0.05, 0) is 36.4 Å². The van der Waals surface area contributed by atoms with E-state index in [1.54, 1.807) is 30.3 Å². The molecule has 0 aliphatic heterocycles. The van der Waals surface area contributed by atoms with Gasteiger partial charge in [-0.3, -0.25) is 0 Å². The van der Waals surface area contributed by atoms with Crippen molar-refractivity contribution in [1.82, 2.24) is 15.2 Å². The van der Waals surface area contributed by atoms with Crippen molar-refractivity contribution in [2.75, 3.05) is 10.6 Å². The van der Waals surface area contributed by atoms with Crippen LogP contribution in [-0.4, -0.2) is 15.2 Å². The van der Waals surface area contributed by atoms with Gasteiger partial charge in [-0.15, -0.1) is 5.10 Å². The summed E-state index contributed by atoms with van der Waals surface area (Å²) in [4.78, 5) is 4.33. The van der Waals surface area contributed by atoms with Crippen LogP contribution in [-0.2, 0) is 0 Å². The molecule has 116 valence electrons. The van der Waals surface area contributed by atoms with Crippen LogP contribution in [0, 0.1) is 0 Å². The van der Waals surface area contributed by atoms with Crippen LogP contribution in [0.5, 0.6) is 0 Å². The van der Waals surface area contributed by atoms with Crippen molar-refractivity contribution >= 4 is 57.9 Å². The maximum atomic E-state index is 5.97. The molecule has 0 fully saturated rings. The number of aromatic nitrogens is 3. The highest BCUT2D eigenvalue weighted by atomic mass is 35.5. The van der Waals surface area contributed by atoms with Crippen molar-refractivity contribution in [1.29, 1.82) is 0 Å². The Morgan fingerprint density at radius 3 is 2.26 bits per heavy atom. The zero-order valence-electron chi connectivity index (χ0n) is 11.6. The molecule has 0 aliphatic carbocycles. The first-order chi connectivity index (χ1) is 11.1. The van der Waals surface area contributed by atoms with Crippen LogP contribution >= 0.6 is 34.8 Å². The molecule has 0 radical (unpaired) electrons. The molecule has 5 nitrogen and oxygen atoms in total. The van der Waals surface area contributed by atoms with Gasteiger partial charge >= 0.3 is 0 Å². The van der Waals surface area contributed by atoms with E-state index in [1.165, 1.54) is 6.20 Å². The number of hydrogen-bond acceptors (Lipinski definition) is 5. The Morgan fingerprint density at radius 2 is 1.52 bits per heavy atom. The molecule has 0 saturated heterocycles. The van der Waals surface area contributed by atoms with E-state index >= 15 is 0 Å². The monoisotopic (exact) mass is 365 g/mol. The Balaban J connectivity index is 1.79. The lowest BCUT2D eigenvalue weighted by Gasteiger charge is -2.08. The summed E-state index contributed by atoms with van der Waals surface area (Å²) in [6.07, 6.45) is 1.50. The fourth-order valence-electron chi connectivity index (χ4n) is 1.89. The molecule has 0 unspecified atom stereocenters. The molecule has 1 heterocycles. The lowest BCUT2D eigenvalue weighted by atomic mass is 10.3. The third kappa shape index (κ3) is 4.45. The van der Waals surface area contributed by atoms with Gasteiger partial charge in [-0.2, -0.15) is 10.1 Å². The van der Waals surface area contributed by atoms with Gasteiger partial charge in [0.05, 0.1) is 6.20 Å². The van der Waals surface area contributed by atoms with Crippen LogP contribution in [0.4, 0.5) is 23.1 Å². The SMILES string of the molecule is Clc1cc(Cl)cc(Nc2cnnc(Nc3cccc(Cl)c3)n2)c1. The zero-order valence-corrected chi connectivity index (χ0v) is 13.9. The number of benzene rings is 2. The normalized spacial score (nSPS) is 10.4. The molecule has 23 heavy (non-hydrogen) atoms. The predicted molar refractivity (Wildman–Crippen MR) is 94.3 cm³/mol. The quantitative estimate of drug-likeness (QED) is 0.654. The first-order valence-electron chi connectivity index (χ1n) is 6.54. The second kappa shape index (κ2) is 7.00. The minimum absolute atomic E-state index is 0.338. The Kier molecular flexibility index (Phi) is 4.81. The van der Waals surface area contributed by atoms with Crippen molar-refractivity contribution in [3.63, 3.8) is 0 Å².